The molecule has 0 atom stereocenters. The molecule has 3 aromatic rings. The van der Waals surface area contributed by atoms with E-state index in [0.29, 0.717) is 12.0 Å². The Labute approximate surface area is 168 Å². The lowest BCUT2D eigenvalue weighted by Crippen LogP contribution is -2.15. The number of Topliss-reactive ketones (excluding diaryl/α,β-unsaturated/α-hetero) is 1. The molecule has 0 aliphatic rings. The van der Waals surface area contributed by atoms with Gasteiger partial charge in [-0.1, -0.05) is 12.1 Å². The van der Waals surface area contributed by atoms with Gasteiger partial charge in [0, 0.05) is 34.3 Å². The molecule has 0 radical (unpaired) electrons. The van der Waals surface area contributed by atoms with E-state index in [4.69, 9.17) is 4.74 Å². The predicted octanol–water partition coefficient (Wildman–Crippen LogP) is 3.74. The number of ketones is 1. The Morgan fingerprint density at radius 3 is 2.54 bits per heavy atom. The molecule has 0 amide bonds. The quantitative estimate of drug-likeness (QED) is 0.344. The van der Waals surface area contributed by atoms with E-state index in [2.05, 4.69) is 10.1 Å². The molecular formula is C21H23N3O3S. The average molecular weight is 398 g/mol. The third-order valence-corrected chi connectivity index (χ3v) is 5.39. The molecule has 28 heavy (non-hydrogen) atoms. The van der Waals surface area contributed by atoms with Gasteiger partial charge in [0.25, 0.3) is 0 Å². The smallest absolute Gasteiger partial charge is 0.306 e. The van der Waals surface area contributed by atoms with Gasteiger partial charge in [0.1, 0.15) is 0 Å². The second-order valence-electron chi connectivity index (χ2n) is 6.63. The third-order valence-electron chi connectivity index (χ3n) is 4.64. The van der Waals surface area contributed by atoms with Crippen LogP contribution in [0.15, 0.2) is 35.2 Å². The highest BCUT2D eigenvalue weighted by molar-refractivity contribution is 7.98. The number of aromatic nitrogens is 3. The van der Waals surface area contributed by atoms with Gasteiger partial charge < -0.3 is 4.74 Å². The fourth-order valence-corrected chi connectivity index (χ4v) is 3.52. The second-order valence-corrected chi connectivity index (χ2v) is 7.51. The summed E-state index contributed by atoms with van der Waals surface area (Å²) in [6, 6.07) is 9.19. The number of rotatable bonds is 7. The van der Waals surface area contributed by atoms with E-state index in [1.54, 1.807) is 28.4 Å². The van der Waals surface area contributed by atoms with Crippen LogP contribution in [0.3, 0.4) is 0 Å². The Morgan fingerprint density at radius 1 is 1.14 bits per heavy atom. The summed E-state index contributed by atoms with van der Waals surface area (Å²) in [5, 5.41) is 4.44. The first-order valence-electron chi connectivity index (χ1n) is 9.04. The molecule has 7 heteroatoms. The predicted molar refractivity (Wildman–Crippen MR) is 109 cm³/mol. The van der Waals surface area contributed by atoms with Crippen LogP contribution in [0, 0.1) is 20.8 Å². The largest absolute Gasteiger partial charge is 0.457 e. The molecule has 1 aromatic carbocycles. The van der Waals surface area contributed by atoms with Crippen molar-refractivity contribution >= 4 is 29.2 Å². The number of benzene rings is 1. The van der Waals surface area contributed by atoms with Crippen LogP contribution >= 0.6 is 11.8 Å². The van der Waals surface area contributed by atoms with Crippen molar-refractivity contribution in [3.05, 3.63) is 58.5 Å². The van der Waals surface area contributed by atoms with E-state index in [9.17, 15) is 9.59 Å². The van der Waals surface area contributed by atoms with E-state index in [-0.39, 0.29) is 18.8 Å². The normalized spacial score (nSPS) is 11.0. The fraction of sp³-hybridized carbons (Fsp3) is 0.333. The van der Waals surface area contributed by atoms with Crippen LogP contribution in [0.1, 0.15) is 39.4 Å². The zero-order chi connectivity index (χ0) is 20.3. The van der Waals surface area contributed by atoms with Gasteiger partial charge in [-0.2, -0.15) is 5.10 Å². The molecule has 0 unspecified atom stereocenters. The fourth-order valence-electron chi connectivity index (χ4n) is 3.11. The Balaban J connectivity index is 1.58. The molecule has 0 bridgehead atoms. The Bertz CT molecular complexity index is 1030. The SMILES string of the molecule is CSc1ccc(C(=O)COC(=O)CCc2c(C)nc3cc(C)nn3c2C)cc1. The molecule has 0 N–H and O–H groups in total. The summed E-state index contributed by atoms with van der Waals surface area (Å²) in [6.07, 6.45) is 2.66. The van der Waals surface area contributed by atoms with Crippen LogP contribution in [-0.2, 0) is 16.0 Å². The van der Waals surface area contributed by atoms with Gasteiger partial charge in [0.15, 0.2) is 18.0 Å². The van der Waals surface area contributed by atoms with Crippen molar-refractivity contribution in [3.8, 4) is 0 Å². The summed E-state index contributed by atoms with van der Waals surface area (Å²) in [4.78, 5) is 29.9. The molecule has 0 saturated heterocycles. The summed E-state index contributed by atoms with van der Waals surface area (Å²) >= 11 is 1.61. The summed E-state index contributed by atoms with van der Waals surface area (Å²) in [5.41, 5.74) is 5.07. The van der Waals surface area contributed by atoms with E-state index in [1.165, 1.54) is 0 Å². The van der Waals surface area contributed by atoms with Gasteiger partial charge in [0.05, 0.1) is 5.69 Å². The van der Waals surface area contributed by atoms with Crippen LogP contribution < -0.4 is 0 Å². The number of ether oxygens (including phenoxy) is 1. The van der Waals surface area contributed by atoms with Gasteiger partial charge in [-0.15, -0.1) is 11.8 Å². The minimum absolute atomic E-state index is 0.188. The lowest BCUT2D eigenvalue weighted by Gasteiger charge is -2.11. The van der Waals surface area contributed by atoms with Crippen molar-refractivity contribution < 1.29 is 14.3 Å². The molecule has 146 valence electrons. The minimum Gasteiger partial charge on any atom is -0.457 e. The standard InChI is InChI=1S/C21H23N3O3S/c1-13-11-20-22-14(2)18(15(3)24(20)23-13)9-10-21(26)27-12-19(25)16-5-7-17(28-4)8-6-16/h5-8,11H,9-10,12H2,1-4H3. The van der Waals surface area contributed by atoms with Crippen LogP contribution in [0.5, 0.6) is 0 Å². The van der Waals surface area contributed by atoms with Crippen LogP contribution in [0.2, 0.25) is 0 Å². The number of carbonyl (C=O) groups is 2. The number of thioether (sulfide) groups is 1. The molecule has 3 rings (SSSR count). The molecule has 0 saturated carbocycles. The van der Waals surface area contributed by atoms with Gasteiger partial charge >= 0.3 is 5.97 Å². The lowest BCUT2D eigenvalue weighted by molar-refractivity contribution is -0.142. The van der Waals surface area contributed by atoms with Crippen LogP contribution in [-0.4, -0.2) is 39.2 Å². The van der Waals surface area contributed by atoms with Crippen molar-refractivity contribution in [1.29, 1.82) is 0 Å². The molecule has 0 fully saturated rings. The molecule has 0 spiro atoms. The highest BCUT2D eigenvalue weighted by Crippen LogP contribution is 2.18. The number of esters is 1. The first-order chi connectivity index (χ1) is 13.4. The first kappa shape index (κ1) is 20.1. The highest BCUT2D eigenvalue weighted by Gasteiger charge is 2.14. The van der Waals surface area contributed by atoms with E-state index >= 15 is 0 Å². The maximum Gasteiger partial charge on any atom is 0.306 e. The van der Waals surface area contributed by atoms with Crippen LogP contribution in [0.4, 0.5) is 0 Å². The summed E-state index contributed by atoms with van der Waals surface area (Å²) < 4.78 is 6.97. The minimum atomic E-state index is -0.398. The Morgan fingerprint density at radius 2 is 1.86 bits per heavy atom. The van der Waals surface area contributed by atoms with E-state index in [0.717, 1.165) is 33.2 Å². The highest BCUT2D eigenvalue weighted by atomic mass is 32.2. The number of nitrogens with zero attached hydrogens (tertiary/aromatic N) is 3. The Kier molecular flexibility index (Phi) is 6.14. The zero-order valence-corrected chi connectivity index (χ0v) is 17.3. The third kappa shape index (κ3) is 4.42. The molecular weight excluding hydrogens is 374 g/mol. The van der Waals surface area contributed by atoms with Crippen LogP contribution in [0.25, 0.3) is 5.65 Å². The lowest BCUT2D eigenvalue weighted by atomic mass is 10.1. The molecule has 0 aliphatic heterocycles. The van der Waals surface area contributed by atoms with Crippen molar-refractivity contribution in [2.45, 2.75) is 38.5 Å². The molecule has 0 aliphatic carbocycles. The summed E-state index contributed by atoms with van der Waals surface area (Å²) in [7, 11) is 0. The maximum atomic E-state index is 12.2. The van der Waals surface area contributed by atoms with Gasteiger partial charge in [-0.25, -0.2) is 9.50 Å². The van der Waals surface area contributed by atoms with Crippen molar-refractivity contribution in [2.75, 3.05) is 12.9 Å². The zero-order valence-electron chi connectivity index (χ0n) is 16.5. The summed E-state index contributed by atoms with van der Waals surface area (Å²) in [6.45, 7) is 5.57. The number of hydrogen-bond donors (Lipinski definition) is 0. The molecule has 2 aromatic heterocycles. The topological polar surface area (TPSA) is 73.6 Å². The number of fused-ring (bicyclic) bond motifs is 1. The number of aryl methyl sites for hydroxylation is 3. The van der Waals surface area contributed by atoms with Gasteiger partial charge in [0.2, 0.25) is 0 Å². The number of hydrogen-bond acceptors (Lipinski definition) is 6. The average Bonchev–Trinajstić information content (AvgIpc) is 3.06. The molecule has 6 nitrogen and oxygen atoms in total. The second kappa shape index (κ2) is 8.56. The van der Waals surface area contributed by atoms with E-state index < -0.39 is 5.97 Å². The van der Waals surface area contributed by atoms with Gasteiger partial charge in [-0.05, 0) is 51.1 Å². The molecule has 2 heterocycles. The monoisotopic (exact) mass is 397 g/mol. The van der Waals surface area contributed by atoms with Crippen molar-refractivity contribution in [3.63, 3.8) is 0 Å². The summed E-state index contributed by atoms with van der Waals surface area (Å²) in [5.74, 6) is -0.604. The number of carbonyl (C=O) groups excluding carboxylic acids is 2. The van der Waals surface area contributed by atoms with Crippen molar-refractivity contribution in [1.82, 2.24) is 14.6 Å². The Hall–Kier alpha value is -2.67. The maximum absolute atomic E-state index is 12.2. The first-order valence-corrected chi connectivity index (χ1v) is 10.3. The van der Waals surface area contributed by atoms with Crippen molar-refractivity contribution in [2.24, 2.45) is 0 Å². The van der Waals surface area contributed by atoms with Gasteiger partial charge in [-0.3, -0.25) is 9.59 Å². The van der Waals surface area contributed by atoms with E-state index in [1.807, 2.05) is 45.2 Å².